The van der Waals surface area contributed by atoms with Crippen LogP contribution in [0.3, 0.4) is 0 Å². The van der Waals surface area contributed by atoms with E-state index >= 15 is 0 Å². The molecule has 0 aliphatic carbocycles. The van der Waals surface area contributed by atoms with E-state index in [1.165, 1.54) is 12.1 Å². The smallest absolute Gasteiger partial charge is 0.366 e. The zero-order valence-corrected chi connectivity index (χ0v) is 12.8. The van der Waals surface area contributed by atoms with Gasteiger partial charge in [0.1, 0.15) is 11.9 Å². The second kappa shape index (κ2) is 6.42. The van der Waals surface area contributed by atoms with Crippen LogP contribution >= 0.6 is 15.9 Å². The van der Waals surface area contributed by atoms with Gasteiger partial charge in [0.05, 0.1) is 5.56 Å². The molecule has 9 heteroatoms. The molecular weight excluding hydrogens is 386 g/mol. The van der Waals surface area contributed by atoms with Gasteiger partial charge in [0.15, 0.2) is 6.29 Å². The number of aliphatic hydroxyl groups excluding tert-OH is 1. The lowest BCUT2D eigenvalue weighted by Gasteiger charge is -2.23. The van der Waals surface area contributed by atoms with Crippen molar-refractivity contribution in [2.75, 3.05) is 0 Å². The third kappa shape index (κ3) is 3.80. The molecule has 1 heterocycles. The Kier molecular flexibility index (Phi) is 4.92. The van der Waals surface area contributed by atoms with Gasteiger partial charge in [-0.3, -0.25) is 4.79 Å². The van der Waals surface area contributed by atoms with E-state index in [2.05, 4.69) is 15.9 Å². The average Bonchev–Trinajstić information content (AvgIpc) is 2.43. The first-order chi connectivity index (χ1) is 10.6. The summed E-state index contributed by atoms with van der Waals surface area (Å²) in [6, 6.07) is 2.92. The van der Waals surface area contributed by atoms with Gasteiger partial charge in [-0.1, -0.05) is 15.9 Å². The van der Waals surface area contributed by atoms with Crippen molar-refractivity contribution in [3.05, 3.63) is 68.3 Å². The molecular formula is C14H10BrF4NO3. The molecule has 0 saturated carbocycles. The standard InChI is InChI=1S/C14H10BrF4NO3/c15-8-1-2-10(16)9(6-8)12(13(22)23)20-4-3-7(5-11(20)21)14(17,18)19/h1-6,12-13,22-23H. The highest BCUT2D eigenvalue weighted by molar-refractivity contribution is 9.10. The summed E-state index contributed by atoms with van der Waals surface area (Å²) in [6.45, 7) is 0. The van der Waals surface area contributed by atoms with Crippen LogP contribution in [0.2, 0.25) is 0 Å². The van der Waals surface area contributed by atoms with Gasteiger partial charge in [-0.2, -0.15) is 13.2 Å². The molecule has 1 unspecified atom stereocenters. The fraction of sp³-hybridized carbons (Fsp3) is 0.214. The van der Waals surface area contributed by atoms with E-state index in [0.29, 0.717) is 21.2 Å². The Morgan fingerprint density at radius 3 is 2.30 bits per heavy atom. The first-order valence-corrected chi connectivity index (χ1v) is 7.01. The summed E-state index contributed by atoms with van der Waals surface area (Å²) in [5.41, 5.74) is -2.58. The Bertz CT molecular complexity index is 773. The summed E-state index contributed by atoms with van der Waals surface area (Å²) in [7, 11) is 0. The van der Waals surface area contributed by atoms with Gasteiger partial charge in [0.2, 0.25) is 0 Å². The second-order valence-electron chi connectivity index (χ2n) is 4.68. The molecule has 2 rings (SSSR count). The molecule has 2 N–H and O–H groups in total. The SMILES string of the molecule is O=c1cc(C(F)(F)F)ccn1C(c1cc(Br)ccc1F)C(O)O. The summed E-state index contributed by atoms with van der Waals surface area (Å²) in [6.07, 6.45) is -6.17. The lowest BCUT2D eigenvalue weighted by atomic mass is 10.0. The van der Waals surface area contributed by atoms with E-state index in [-0.39, 0.29) is 5.56 Å². The van der Waals surface area contributed by atoms with Gasteiger partial charge in [-0.05, 0) is 24.3 Å². The molecule has 0 radical (unpaired) electrons. The molecule has 0 spiro atoms. The number of halogens is 5. The maximum atomic E-state index is 13.9. The van der Waals surface area contributed by atoms with E-state index in [0.717, 1.165) is 12.3 Å². The maximum Gasteiger partial charge on any atom is 0.416 e. The van der Waals surface area contributed by atoms with Crippen LogP contribution in [0.15, 0.2) is 45.8 Å². The zero-order valence-electron chi connectivity index (χ0n) is 11.3. The summed E-state index contributed by atoms with van der Waals surface area (Å²) in [5, 5.41) is 19.0. The highest BCUT2D eigenvalue weighted by Gasteiger charge is 2.32. The number of aromatic nitrogens is 1. The van der Waals surface area contributed by atoms with Crippen molar-refractivity contribution < 1.29 is 27.8 Å². The van der Waals surface area contributed by atoms with Crippen LogP contribution in [-0.4, -0.2) is 21.1 Å². The Balaban J connectivity index is 2.60. The number of aliphatic hydroxyl groups is 2. The minimum Gasteiger partial charge on any atom is -0.366 e. The van der Waals surface area contributed by atoms with Crippen molar-refractivity contribution in [1.82, 2.24) is 4.57 Å². The largest absolute Gasteiger partial charge is 0.416 e. The minimum absolute atomic E-state index is 0.253. The number of rotatable bonds is 3. The second-order valence-corrected chi connectivity index (χ2v) is 5.60. The van der Waals surface area contributed by atoms with E-state index in [9.17, 15) is 32.6 Å². The highest BCUT2D eigenvalue weighted by atomic mass is 79.9. The van der Waals surface area contributed by atoms with Crippen LogP contribution in [0, 0.1) is 5.82 Å². The molecule has 1 atom stereocenters. The van der Waals surface area contributed by atoms with Crippen molar-refractivity contribution in [2.45, 2.75) is 18.5 Å². The van der Waals surface area contributed by atoms with Crippen molar-refractivity contribution in [2.24, 2.45) is 0 Å². The van der Waals surface area contributed by atoms with Crippen LogP contribution in [0.1, 0.15) is 17.2 Å². The Morgan fingerprint density at radius 1 is 1.13 bits per heavy atom. The Morgan fingerprint density at radius 2 is 1.78 bits per heavy atom. The monoisotopic (exact) mass is 395 g/mol. The highest BCUT2D eigenvalue weighted by Crippen LogP contribution is 2.30. The lowest BCUT2D eigenvalue weighted by Crippen LogP contribution is -2.34. The zero-order chi connectivity index (χ0) is 17.4. The Hall–Kier alpha value is -1.71. The van der Waals surface area contributed by atoms with Gasteiger partial charge < -0.3 is 14.8 Å². The van der Waals surface area contributed by atoms with Crippen LogP contribution in [-0.2, 0) is 6.18 Å². The van der Waals surface area contributed by atoms with Gasteiger partial charge in [0, 0.05) is 22.3 Å². The van der Waals surface area contributed by atoms with E-state index in [1.807, 2.05) is 0 Å². The predicted molar refractivity (Wildman–Crippen MR) is 76.2 cm³/mol. The molecule has 0 amide bonds. The first-order valence-electron chi connectivity index (χ1n) is 6.21. The molecule has 4 nitrogen and oxygen atoms in total. The molecule has 1 aromatic carbocycles. The van der Waals surface area contributed by atoms with Gasteiger partial charge in [0.25, 0.3) is 5.56 Å². The van der Waals surface area contributed by atoms with E-state index < -0.39 is 35.4 Å². The van der Waals surface area contributed by atoms with Crippen molar-refractivity contribution in [3.8, 4) is 0 Å². The third-order valence-electron chi connectivity index (χ3n) is 3.13. The summed E-state index contributed by atoms with van der Waals surface area (Å²) >= 11 is 3.08. The molecule has 1 aromatic heterocycles. The van der Waals surface area contributed by atoms with Crippen LogP contribution in [0.25, 0.3) is 0 Å². The summed E-state index contributed by atoms with van der Waals surface area (Å²) < 4.78 is 52.7. The normalized spacial score (nSPS) is 13.4. The molecule has 0 saturated heterocycles. The number of benzene rings is 1. The molecule has 0 aliphatic rings. The molecule has 2 aromatic rings. The number of nitrogens with zero attached hydrogens (tertiary/aromatic N) is 1. The van der Waals surface area contributed by atoms with Crippen LogP contribution in [0.5, 0.6) is 0 Å². The minimum atomic E-state index is -4.72. The van der Waals surface area contributed by atoms with Gasteiger partial charge >= 0.3 is 6.18 Å². The number of alkyl halides is 3. The number of hydrogen-bond donors (Lipinski definition) is 2. The van der Waals surface area contributed by atoms with Crippen LogP contribution in [0.4, 0.5) is 17.6 Å². The molecule has 23 heavy (non-hydrogen) atoms. The third-order valence-corrected chi connectivity index (χ3v) is 3.63. The van der Waals surface area contributed by atoms with Crippen molar-refractivity contribution in [3.63, 3.8) is 0 Å². The van der Waals surface area contributed by atoms with Crippen molar-refractivity contribution in [1.29, 1.82) is 0 Å². The Labute approximate surface area is 135 Å². The van der Waals surface area contributed by atoms with Gasteiger partial charge in [-0.15, -0.1) is 0 Å². The predicted octanol–water partition coefficient (Wildman–Crippen LogP) is 2.67. The summed E-state index contributed by atoms with van der Waals surface area (Å²) in [5.74, 6) is -0.835. The number of hydrogen-bond acceptors (Lipinski definition) is 3. The van der Waals surface area contributed by atoms with E-state index in [1.54, 1.807) is 0 Å². The lowest BCUT2D eigenvalue weighted by molar-refractivity contribution is -0.137. The average molecular weight is 396 g/mol. The first kappa shape index (κ1) is 17.6. The van der Waals surface area contributed by atoms with E-state index in [4.69, 9.17) is 0 Å². The summed E-state index contributed by atoms with van der Waals surface area (Å²) in [4.78, 5) is 11.9. The molecule has 124 valence electrons. The van der Waals surface area contributed by atoms with Crippen molar-refractivity contribution >= 4 is 15.9 Å². The molecule has 0 bridgehead atoms. The fourth-order valence-corrected chi connectivity index (χ4v) is 2.47. The van der Waals surface area contributed by atoms with Gasteiger partial charge in [-0.25, -0.2) is 4.39 Å². The maximum absolute atomic E-state index is 13.9. The topological polar surface area (TPSA) is 62.5 Å². The van der Waals surface area contributed by atoms with Crippen LogP contribution < -0.4 is 5.56 Å². The molecule has 0 aliphatic heterocycles. The quantitative estimate of drug-likeness (QED) is 0.620. The fourth-order valence-electron chi connectivity index (χ4n) is 2.09. The molecule has 0 fully saturated rings. The number of pyridine rings is 1.